The summed E-state index contributed by atoms with van der Waals surface area (Å²) >= 11 is 0. The van der Waals surface area contributed by atoms with Crippen LogP contribution in [-0.4, -0.2) is 36.5 Å². The molecule has 6 nitrogen and oxygen atoms in total. The number of aromatic nitrogens is 1. The minimum Gasteiger partial charge on any atom is -0.493 e. The van der Waals surface area contributed by atoms with Gasteiger partial charge in [0, 0.05) is 18.8 Å². The van der Waals surface area contributed by atoms with E-state index in [1.165, 1.54) is 7.11 Å². The Hall–Kier alpha value is -2.16. The molecule has 2 unspecified atom stereocenters. The predicted octanol–water partition coefficient (Wildman–Crippen LogP) is 3.69. The number of ether oxygens (including phenoxy) is 2. The van der Waals surface area contributed by atoms with E-state index in [-0.39, 0.29) is 30.9 Å². The van der Waals surface area contributed by atoms with Crippen LogP contribution >= 0.6 is 24.8 Å². The molecule has 2 aromatic rings. The van der Waals surface area contributed by atoms with Crippen LogP contribution in [0.3, 0.4) is 0 Å². The first-order chi connectivity index (χ1) is 13.4. The van der Waals surface area contributed by atoms with Gasteiger partial charge in [-0.25, -0.2) is 8.78 Å². The van der Waals surface area contributed by atoms with Gasteiger partial charge in [-0.1, -0.05) is 6.07 Å². The van der Waals surface area contributed by atoms with Gasteiger partial charge in [0.25, 0.3) is 5.92 Å². The number of pyridine rings is 1. The quantitative estimate of drug-likeness (QED) is 0.654. The fourth-order valence-corrected chi connectivity index (χ4v) is 3.01. The van der Waals surface area contributed by atoms with Crippen molar-refractivity contribution in [3.8, 4) is 11.5 Å². The van der Waals surface area contributed by atoms with Gasteiger partial charge in [0.1, 0.15) is 6.61 Å². The molecule has 0 saturated carbocycles. The summed E-state index contributed by atoms with van der Waals surface area (Å²) in [5.41, 5.74) is 1.76. The van der Waals surface area contributed by atoms with E-state index in [4.69, 9.17) is 9.47 Å². The predicted molar refractivity (Wildman–Crippen MR) is 114 cm³/mol. The fourth-order valence-electron chi connectivity index (χ4n) is 3.01. The third-order valence-corrected chi connectivity index (χ3v) is 4.62. The highest BCUT2D eigenvalue weighted by atomic mass is 35.5. The SMILES string of the molecule is COc1cc(C(C)NC(=O)C2CC(F)(F)CN2)ccc1OCc1ccncc1.Cl.Cl. The van der Waals surface area contributed by atoms with Crippen molar-refractivity contribution in [2.45, 2.75) is 38.0 Å². The number of carbonyl (C=O) groups is 1. The molecule has 2 heterocycles. The van der Waals surface area contributed by atoms with Crippen LogP contribution in [-0.2, 0) is 11.4 Å². The largest absolute Gasteiger partial charge is 0.493 e. The summed E-state index contributed by atoms with van der Waals surface area (Å²) in [5, 5.41) is 5.32. The molecule has 30 heavy (non-hydrogen) atoms. The Labute approximate surface area is 186 Å². The zero-order chi connectivity index (χ0) is 20.1. The zero-order valence-corrected chi connectivity index (χ0v) is 18.2. The third kappa shape index (κ3) is 6.68. The highest BCUT2D eigenvalue weighted by Crippen LogP contribution is 2.31. The number of nitrogens with zero attached hydrogens (tertiary/aromatic N) is 1. The molecule has 1 aromatic heterocycles. The molecule has 1 aromatic carbocycles. The van der Waals surface area contributed by atoms with Gasteiger partial charge in [-0.2, -0.15) is 0 Å². The number of rotatable bonds is 7. The third-order valence-electron chi connectivity index (χ3n) is 4.62. The maximum Gasteiger partial charge on any atom is 0.262 e. The number of nitrogens with one attached hydrogen (secondary N) is 2. The van der Waals surface area contributed by atoms with Gasteiger partial charge in [0.15, 0.2) is 11.5 Å². The monoisotopic (exact) mass is 463 g/mol. The summed E-state index contributed by atoms with van der Waals surface area (Å²) in [4.78, 5) is 16.2. The van der Waals surface area contributed by atoms with E-state index >= 15 is 0 Å². The van der Waals surface area contributed by atoms with Gasteiger partial charge in [0.2, 0.25) is 5.91 Å². The molecule has 166 valence electrons. The van der Waals surface area contributed by atoms with Crippen molar-refractivity contribution in [2.75, 3.05) is 13.7 Å². The van der Waals surface area contributed by atoms with E-state index < -0.39 is 30.8 Å². The maximum atomic E-state index is 13.3. The standard InChI is InChI=1S/C20H23F2N3O3.2ClH/c1-13(25-19(26)16-10-20(21,22)12-24-16)15-3-4-17(18(9-15)27-2)28-11-14-5-7-23-8-6-14;;/h3-9,13,16,24H,10-12H2,1-2H3,(H,25,26);2*1H. The van der Waals surface area contributed by atoms with Crippen LogP contribution in [0.5, 0.6) is 11.5 Å². The lowest BCUT2D eigenvalue weighted by Gasteiger charge is -2.19. The first-order valence-corrected chi connectivity index (χ1v) is 8.99. The molecular weight excluding hydrogens is 439 g/mol. The number of hydrogen-bond acceptors (Lipinski definition) is 5. The Morgan fingerprint density at radius 3 is 2.57 bits per heavy atom. The average Bonchev–Trinajstić information content (AvgIpc) is 3.07. The number of methoxy groups -OCH3 is 1. The van der Waals surface area contributed by atoms with Crippen molar-refractivity contribution in [3.05, 3.63) is 53.9 Å². The molecule has 2 N–H and O–H groups in total. The molecule has 2 atom stereocenters. The molecule has 1 amide bonds. The van der Waals surface area contributed by atoms with Crippen LogP contribution < -0.4 is 20.1 Å². The molecule has 10 heteroatoms. The number of benzene rings is 1. The maximum absolute atomic E-state index is 13.3. The highest BCUT2D eigenvalue weighted by molar-refractivity contribution is 5.85. The van der Waals surface area contributed by atoms with Crippen LogP contribution in [0.1, 0.15) is 30.5 Å². The van der Waals surface area contributed by atoms with Crippen LogP contribution in [0.25, 0.3) is 0 Å². The number of alkyl halides is 2. The Morgan fingerprint density at radius 2 is 1.97 bits per heavy atom. The van der Waals surface area contributed by atoms with E-state index in [9.17, 15) is 13.6 Å². The molecule has 1 aliphatic heterocycles. The van der Waals surface area contributed by atoms with Crippen LogP contribution in [0.2, 0.25) is 0 Å². The summed E-state index contributed by atoms with van der Waals surface area (Å²) in [5.74, 6) is -2.19. The minimum absolute atomic E-state index is 0. The van der Waals surface area contributed by atoms with Crippen molar-refractivity contribution < 1.29 is 23.0 Å². The molecule has 1 saturated heterocycles. The average molecular weight is 464 g/mol. The van der Waals surface area contributed by atoms with Crippen LogP contribution in [0.4, 0.5) is 8.78 Å². The molecule has 0 aliphatic carbocycles. The van der Waals surface area contributed by atoms with Crippen molar-refractivity contribution in [3.63, 3.8) is 0 Å². The van der Waals surface area contributed by atoms with Crippen LogP contribution in [0.15, 0.2) is 42.7 Å². The summed E-state index contributed by atoms with van der Waals surface area (Å²) in [6.07, 6.45) is 2.90. The first kappa shape index (κ1) is 25.9. The van der Waals surface area contributed by atoms with Crippen LogP contribution in [0, 0.1) is 0 Å². The summed E-state index contributed by atoms with van der Waals surface area (Å²) in [6, 6.07) is 7.81. The highest BCUT2D eigenvalue weighted by Gasteiger charge is 2.42. The normalized spacial score (nSPS) is 17.8. The molecule has 1 fully saturated rings. The zero-order valence-electron chi connectivity index (χ0n) is 16.6. The Morgan fingerprint density at radius 1 is 1.27 bits per heavy atom. The second-order valence-electron chi connectivity index (χ2n) is 6.78. The van der Waals surface area contributed by atoms with E-state index in [0.717, 1.165) is 11.1 Å². The van der Waals surface area contributed by atoms with E-state index in [0.29, 0.717) is 18.1 Å². The summed E-state index contributed by atoms with van der Waals surface area (Å²) < 4.78 is 37.8. The van der Waals surface area contributed by atoms with E-state index in [1.807, 2.05) is 18.2 Å². The molecule has 0 bridgehead atoms. The lowest BCUT2D eigenvalue weighted by atomic mass is 10.1. The number of hydrogen-bond donors (Lipinski definition) is 2. The van der Waals surface area contributed by atoms with Gasteiger partial charge in [0.05, 0.1) is 25.7 Å². The van der Waals surface area contributed by atoms with Gasteiger partial charge >= 0.3 is 0 Å². The van der Waals surface area contributed by atoms with Crippen molar-refractivity contribution in [1.82, 2.24) is 15.6 Å². The van der Waals surface area contributed by atoms with Gasteiger partial charge < -0.3 is 14.8 Å². The fraction of sp³-hybridized carbons (Fsp3) is 0.400. The molecule has 0 spiro atoms. The smallest absolute Gasteiger partial charge is 0.262 e. The van der Waals surface area contributed by atoms with Crippen molar-refractivity contribution in [2.24, 2.45) is 0 Å². The topological polar surface area (TPSA) is 72.5 Å². The summed E-state index contributed by atoms with van der Waals surface area (Å²) in [6.45, 7) is 1.68. The van der Waals surface area contributed by atoms with E-state index in [2.05, 4.69) is 15.6 Å². The second-order valence-corrected chi connectivity index (χ2v) is 6.78. The van der Waals surface area contributed by atoms with Gasteiger partial charge in [-0.15, -0.1) is 24.8 Å². The number of carbonyl (C=O) groups excluding carboxylic acids is 1. The number of amides is 1. The Balaban J connectivity index is 0.00000225. The van der Waals surface area contributed by atoms with Gasteiger partial charge in [-0.3, -0.25) is 15.1 Å². The molecule has 0 radical (unpaired) electrons. The Kier molecular flexibility index (Phi) is 9.74. The van der Waals surface area contributed by atoms with Crippen molar-refractivity contribution >= 4 is 30.7 Å². The summed E-state index contributed by atoms with van der Waals surface area (Å²) in [7, 11) is 1.53. The molecule has 1 aliphatic rings. The number of halogens is 4. The Bertz CT molecular complexity index is 828. The van der Waals surface area contributed by atoms with Crippen molar-refractivity contribution in [1.29, 1.82) is 0 Å². The van der Waals surface area contributed by atoms with E-state index in [1.54, 1.807) is 31.5 Å². The molecule has 3 rings (SSSR count). The molecular formula is C20H25Cl2F2N3O3. The minimum atomic E-state index is -2.84. The second kappa shape index (κ2) is 11.3. The lowest BCUT2D eigenvalue weighted by molar-refractivity contribution is -0.124. The lowest BCUT2D eigenvalue weighted by Crippen LogP contribution is -2.41. The van der Waals surface area contributed by atoms with Gasteiger partial charge in [-0.05, 0) is 42.3 Å². The first-order valence-electron chi connectivity index (χ1n) is 8.99.